The third kappa shape index (κ3) is 2.42. The summed E-state index contributed by atoms with van der Waals surface area (Å²) in [6, 6.07) is 0. The number of hydrogen-bond donors (Lipinski definition) is 1. The Hall–Kier alpha value is -0.680. The van der Waals surface area contributed by atoms with Crippen molar-refractivity contribution in [3.05, 3.63) is 21.6 Å². The predicted molar refractivity (Wildman–Crippen MR) is 47.6 cm³/mol. The fourth-order valence-corrected chi connectivity index (χ4v) is 1.12. The van der Waals surface area contributed by atoms with Gasteiger partial charge in [-0.15, -0.1) is 0 Å². The van der Waals surface area contributed by atoms with Crippen LogP contribution in [0.5, 0.6) is 0 Å². The summed E-state index contributed by atoms with van der Waals surface area (Å²) < 4.78 is 0.584. The van der Waals surface area contributed by atoms with Gasteiger partial charge in [0.05, 0.1) is 18.4 Å². The van der Waals surface area contributed by atoms with Gasteiger partial charge in [0.15, 0.2) is 0 Å². The molecule has 6 heteroatoms. The lowest BCUT2D eigenvalue weighted by molar-refractivity contribution is -0.109. The highest BCUT2D eigenvalue weighted by molar-refractivity contribution is 9.10. The van der Waals surface area contributed by atoms with Crippen LogP contribution in [0, 0.1) is 0 Å². The average molecular weight is 250 g/mol. The van der Waals surface area contributed by atoms with E-state index in [0.29, 0.717) is 28.4 Å². The van der Waals surface area contributed by atoms with E-state index in [1.54, 1.807) is 0 Å². The Bertz CT molecular complexity index is 294. The molecule has 1 amide bonds. The molecule has 1 heterocycles. The molecule has 1 aromatic heterocycles. The summed E-state index contributed by atoms with van der Waals surface area (Å²) in [5, 5.41) is 2.77. The third-order valence-corrected chi connectivity index (χ3v) is 1.96. The SMILES string of the molecule is O=CNCc1nc(Cl)cnc1Br. The van der Waals surface area contributed by atoms with Gasteiger partial charge in [-0.3, -0.25) is 4.79 Å². The van der Waals surface area contributed by atoms with E-state index in [-0.39, 0.29) is 0 Å². The van der Waals surface area contributed by atoms with Crippen molar-refractivity contribution >= 4 is 33.9 Å². The highest BCUT2D eigenvalue weighted by atomic mass is 79.9. The molecule has 12 heavy (non-hydrogen) atoms. The Kier molecular flexibility index (Phi) is 3.43. The molecule has 0 aliphatic carbocycles. The van der Waals surface area contributed by atoms with Crippen LogP contribution in [0.2, 0.25) is 5.15 Å². The van der Waals surface area contributed by atoms with Crippen molar-refractivity contribution in [1.82, 2.24) is 15.3 Å². The Labute approximate surface area is 82.5 Å². The zero-order chi connectivity index (χ0) is 8.97. The molecule has 0 spiro atoms. The maximum absolute atomic E-state index is 9.97. The summed E-state index contributed by atoms with van der Waals surface area (Å²) in [6.07, 6.45) is 2.02. The molecule has 0 aromatic carbocycles. The summed E-state index contributed by atoms with van der Waals surface area (Å²) in [5.74, 6) is 0. The van der Waals surface area contributed by atoms with Crippen molar-refractivity contribution in [3.63, 3.8) is 0 Å². The first-order valence-electron chi connectivity index (χ1n) is 3.08. The second kappa shape index (κ2) is 4.37. The summed E-state index contributed by atoms with van der Waals surface area (Å²) in [6.45, 7) is 0.317. The van der Waals surface area contributed by atoms with Gasteiger partial charge in [-0.2, -0.15) is 0 Å². The Morgan fingerprint density at radius 3 is 3.17 bits per heavy atom. The molecule has 0 saturated heterocycles. The molecule has 0 atom stereocenters. The Balaban J connectivity index is 2.82. The van der Waals surface area contributed by atoms with Crippen LogP contribution in [-0.4, -0.2) is 16.4 Å². The molecule has 0 bridgehead atoms. The zero-order valence-electron chi connectivity index (χ0n) is 5.92. The number of amides is 1. The first-order chi connectivity index (χ1) is 5.74. The van der Waals surface area contributed by atoms with Gasteiger partial charge in [0.1, 0.15) is 9.76 Å². The molecular formula is C6H5BrClN3O. The molecule has 1 N–H and O–H groups in total. The molecule has 1 aromatic rings. The third-order valence-electron chi connectivity index (χ3n) is 1.12. The van der Waals surface area contributed by atoms with Crippen LogP contribution in [0.1, 0.15) is 5.69 Å². The van der Waals surface area contributed by atoms with Gasteiger partial charge in [-0.05, 0) is 15.9 Å². The van der Waals surface area contributed by atoms with E-state index in [0.717, 1.165) is 0 Å². The Morgan fingerprint density at radius 1 is 1.75 bits per heavy atom. The summed E-state index contributed by atoms with van der Waals surface area (Å²) in [4.78, 5) is 17.8. The second-order valence-electron chi connectivity index (χ2n) is 1.93. The van der Waals surface area contributed by atoms with E-state index in [1.807, 2.05) is 0 Å². The molecule has 0 saturated carbocycles. The molecule has 0 aliphatic rings. The van der Waals surface area contributed by atoms with Crippen LogP contribution in [0.15, 0.2) is 10.8 Å². The fraction of sp³-hybridized carbons (Fsp3) is 0.167. The van der Waals surface area contributed by atoms with Crippen LogP contribution < -0.4 is 5.32 Å². The van der Waals surface area contributed by atoms with Crippen LogP contribution in [0.4, 0.5) is 0 Å². The topological polar surface area (TPSA) is 54.9 Å². The Morgan fingerprint density at radius 2 is 2.50 bits per heavy atom. The van der Waals surface area contributed by atoms with E-state index in [2.05, 4.69) is 31.2 Å². The standard InChI is InChI=1S/C6H5BrClN3O/c7-6-4(1-9-3-12)11-5(8)2-10-6/h2-3H,1H2,(H,9,12). The maximum Gasteiger partial charge on any atom is 0.207 e. The van der Waals surface area contributed by atoms with Crippen molar-refractivity contribution < 1.29 is 4.79 Å². The normalized spacial score (nSPS) is 9.50. The van der Waals surface area contributed by atoms with E-state index in [1.165, 1.54) is 6.20 Å². The number of nitrogens with one attached hydrogen (secondary N) is 1. The van der Waals surface area contributed by atoms with Crippen molar-refractivity contribution in [3.8, 4) is 0 Å². The minimum Gasteiger partial charge on any atom is -0.353 e. The second-order valence-corrected chi connectivity index (χ2v) is 3.07. The highest BCUT2D eigenvalue weighted by Crippen LogP contribution is 2.13. The van der Waals surface area contributed by atoms with E-state index < -0.39 is 0 Å². The van der Waals surface area contributed by atoms with Gasteiger partial charge in [0.25, 0.3) is 0 Å². The fourth-order valence-electron chi connectivity index (χ4n) is 0.639. The number of rotatable bonds is 3. The molecule has 0 fully saturated rings. The highest BCUT2D eigenvalue weighted by Gasteiger charge is 2.02. The summed E-state index contributed by atoms with van der Waals surface area (Å²) in [5.41, 5.74) is 0.606. The lowest BCUT2D eigenvalue weighted by Crippen LogP contribution is -2.12. The monoisotopic (exact) mass is 249 g/mol. The molecule has 0 radical (unpaired) electrons. The van der Waals surface area contributed by atoms with Gasteiger partial charge in [-0.25, -0.2) is 9.97 Å². The van der Waals surface area contributed by atoms with Gasteiger partial charge >= 0.3 is 0 Å². The number of carbonyl (C=O) groups excluding carboxylic acids is 1. The zero-order valence-corrected chi connectivity index (χ0v) is 8.26. The lowest BCUT2D eigenvalue weighted by atomic mass is 10.4. The van der Waals surface area contributed by atoms with Gasteiger partial charge in [0.2, 0.25) is 6.41 Å². The van der Waals surface area contributed by atoms with Crippen molar-refractivity contribution in [2.24, 2.45) is 0 Å². The predicted octanol–water partition coefficient (Wildman–Crippen LogP) is 1.14. The first kappa shape index (κ1) is 9.41. The maximum atomic E-state index is 9.97. The smallest absolute Gasteiger partial charge is 0.207 e. The van der Waals surface area contributed by atoms with Gasteiger partial charge in [0, 0.05) is 0 Å². The van der Waals surface area contributed by atoms with Gasteiger partial charge < -0.3 is 5.32 Å². The van der Waals surface area contributed by atoms with Crippen LogP contribution in [-0.2, 0) is 11.3 Å². The largest absolute Gasteiger partial charge is 0.353 e. The van der Waals surface area contributed by atoms with Crippen LogP contribution in [0.25, 0.3) is 0 Å². The van der Waals surface area contributed by atoms with Crippen LogP contribution >= 0.6 is 27.5 Å². The minimum atomic E-state index is 0.306. The van der Waals surface area contributed by atoms with Gasteiger partial charge in [-0.1, -0.05) is 11.6 Å². The number of aromatic nitrogens is 2. The lowest BCUT2D eigenvalue weighted by Gasteiger charge is -2.00. The first-order valence-corrected chi connectivity index (χ1v) is 4.25. The number of halogens is 2. The molecule has 64 valence electrons. The van der Waals surface area contributed by atoms with Crippen molar-refractivity contribution in [2.75, 3.05) is 0 Å². The van der Waals surface area contributed by atoms with Crippen molar-refractivity contribution in [2.45, 2.75) is 6.54 Å². The summed E-state index contributed by atoms with van der Waals surface area (Å²) in [7, 11) is 0. The summed E-state index contributed by atoms with van der Waals surface area (Å²) >= 11 is 8.76. The average Bonchev–Trinajstić information content (AvgIpc) is 2.07. The van der Waals surface area contributed by atoms with Crippen molar-refractivity contribution in [1.29, 1.82) is 0 Å². The molecule has 4 nitrogen and oxygen atoms in total. The number of carbonyl (C=O) groups is 1. The quantitative estimate of drug-likeness (QED) is 0.819. The van der Waals surface area contributed by atoms with E-state index >= 15 is 0 Å². The van der Waals surface area contributed by atoms with Crippen LogP contribution in [0.3, 0.4) is 0 Å². The number of nitrogens with zero attached hydrogens (tertiary/aromatic N) is 2. The van der Waals surface area contributed by atoms with E-state index in [4.69, 9.17) is 11.6 Å². The van der Waals surface area contributed by atoms with E-state index in [9.17, 15) is 4.79 Å². The molecular weight excluding hydrogens is 245 g/mol. The molecule has 0 aliphatic heterocycles. The molecule has 1 rings (SSSR count). The minimum absolute atomic E-state index is 0.306. The number of hydrogen-bond acceptors (Lipinski definition) is 3. The molecule has 0 unspecified atom stereocenters.